The van der Waals surface area contributed by atoms with Crippen molar-refractivity contribution in [2.75, 3.05) is 26.7 Å². The number of aliphatic imine (C=N–C) groups is 1. The van der Waals surface area contributed by atoms with Crippen molar-refractivity contribution in [1.29, 1.82) is 0 Å². The molecule has 148 valence electrons. The number of aromatic nitrogens is 1. The predicted molar refractivity (Wildman–Crippen MR) is 101 cm³/mol. The van der Waals surface area contributed by atoms with Gasteiger partial charge in [0.15, 0.2) is 11.7 Å². The number of hydrogen-bond donors (Lipinski definition) is 2. The number of guanidine groups is 1. The number of nitrogens with zero attached hydrogens (tertiary/aromatic N) is 2. The van der Waals surface area contributed by atoms with Crippen LogP contribution in [0.5, 0.6) is 5.75 Å². The normalized spacial score (nSPS) is 12.1. The van der Waals surface area contributed by atoms with Crippen molar-refractivity contribution in [2.24, 2.45) is 4.99 Å². The number of nitrogens with one attached hydrogen (secondary N) is 2. The minimum Gasteiger partial charge on any atom is -0.494 e. The third kappa shape index (κ3) is 7.46. The lowest BCUT2D eigenvalue weighted by Crippen LogP contribution is -2.39. The number of aryl methyl sites for hydroxylation is 1. The number of rotatable bonds is 8. The number of benzene rings is 1. The van der Waals surface area contributed by atoms with Gasteiger partial charge in [-0.05, 0) is 25.5 Å². The Bertz CT molecular complexity index is 729. The Morgan fingerprint density at radius 1 is 1.19 bits per heavy atom. The molecule has 1 heterocycles. The molecule has 0 atom stereocenters. The predicted octanol–water partition coefficient (Wildman–Crippen LogP) is 3.65. The number of thiazole rings is 1. The lowest BCUT2D eigenvalue weighted by atomic mass is 10.2. The molecule has 0 aliphatic carbocycles. The molecule has 5 nitrogen and oxygen atoms in total. The highest BCUT2D eigenvalue weighted by atomic mass is 32.1. The molecule has 2 N–H and O–H groups in total. The van der Waals surface area contributed by atoms with E-state index in [1.807, 2.05) is 31.2 Å². The summed E-state index contributed by atoms with van der Waals surface area (Å²) in [4.78, 5) is 7.69. The van der Waals surface area contributed by atoms with Gasteiger partial charge in [-0.25, -0.2) is 4.98 Å². The molecule has 1 aromatic carbocycles. The Balaban J connectivity index is 1.61. The smallest absolute Gasteiger partial charge is 0.434 e. The van der Waals surface area contributed by atoms with Crippen LogP contribution in [0.1, 0.15) is 22.7 Å². The highest BCUT2D eigenvalue weighted by Crippen LogP contribution is 2.29. The SMILES string of the molecule is CN=C(NCCCOc1ccc(C)cc1)NCCc1nc(C(F)(F)F)cs1. The maximum atomic E-state index is 12.5. The fourth-order valence-electron chi connectivity index (χ4n) is 2.17. The third-order valence-corrected chi connectivity index (χ3v) is 4.51. The van der Waals surface area contributed by atoms with Crippen LogP contribution in [0.25, 0.3) is 0 Å². The van der Waals surface area contributed by atoms with Crippen molar-refractivity contribution in [3.8, 4) is 5.75 Å². The van der Waals surface area contributed by atoms with Gasteiger partial charge in [0.1, 0.15) is 5.75 Å². The Morgan fingerprint density at radius 3 is 2.52 bits per heavy atom. The van der Waals surface area contributed by atoms with Gasteiger partial charge in [0.25, 0.3) is 0 Å². The van der Waals surface area contributed by atoms with Gasteiger partial charge in [0.2, 0.25) is 0 Å². The molecule has 2 aromatic rings. The lowest BCUT2D eigenvalue weighted by molar-refractivity contribution is -0.140. The summed E-state index contributed by atoms with van der Waals surface area (Å²) in [6, 6.07) is 7.87. The fraction of sp³-hybridized carbons (Fsp3) is 0.444. The molecule has 27 heavy (non-hydrogen) atoms. The van der Waals surface area contributed by atoms with Gasteiger partial charge < -0.3 is 15.4 Å². The molecule has 0 unspecified atom stereocenters. The van der Waals surface area contributed by atoms with Gasteiger partial charge in [0.05, 0.1) is 11.6 Å². The van der Waals surface area contributed by atoms with Crippen LogP contribution < -0.4 is 15.4 Å². The van der Waals surface area contributed by atoms with Crippen LogP contribution in [0.3, 0.4) is 0 Å². The van der Waals surface area contributed by atoms with Crippen LogP contribution in [0.4, 0.5) is 13.2 Å². The number of alkyl halides is 3. The molecule has 0 fully saturated rings. The molecular weight excluding hydrogens is 377 g/mol. The van der Waals surface area contributed by atoms with Crippen LogP contribution in [0, 0.1) is 6.92 Å². The van der Waals surface area contributed by atoms with E-state index in [0.29, 0.717) is 37.1 Å². The highest BCUT2D eigenvalue weighted by Gasteiger charge is 2.33. The van der Waals surface area contributed by atoms with E-state index in [1.54, 1.807) is 7.05 Å². The van der Waals surface area contributed by atoms with Crippen molar-refractivity contribution in [2.45, 2.75) is 25.9 Å². The fourth-order valence-corrected chi connectivity index (χ4v) is 2.97. The maximum Gasteiger partial charge on any atom is 0.434 e. The van der Waals surface area contributed by atoms with E-state index >= 15 is 0 Å². The minimum atomic E-state index is -4.39. The average Bonchev–Trinajstić information content (AvgIpc) is 3.11. The summed E-state index contributed by atoms with van der Waals surface area (Å²) in [5.41, 5.74) is 0.352. The second-order valence-corrected chi connectivity index (χ2v) is 6.76. The van der Waals surface area contributed by atoms with E-state index in [1.165, 1.54) is 5.56 Å². The minimum absolute atomic E-state index is 0.401. The quantitative estimate of drug-likeness (QED) is 0.404. The molecule has 0 amide bonds. The van der Waals surface area contributed by atoms with E-state index in [0.717, 1.165) is 28.9 Å². The van der Waals surface area contributed by atoms with Crippen LogP contribution in [-0.2, 0) is 12.6 Å². The number of halogens is 3. The first-order chi connectivity index (χ1) is 12.9. The molecule has 2 rings (SSSR count). The Kier molecular flexibility index (Phi) is 7.90. The van der Waals surface area contributed by atoms with Crippen LogP contribution in [0.15, 0.2) is 34.6 Å². The highest BCUT2D eigenvalue weighted by molar-refractivity contribution is 7.09. The first-order valence-corrected chi connectivity index (χ1v) is 9.42. The third-order valence-electron chi connectivity index (χ3n) is 3.60. The maximum absolute atomic E-state index is 12.5. The first-order valence-electron chi connectivity index (χ1n) is 8.54. The van der Waals surface area contributed by atoms with Crippen molar-refractivity contribution in [3.05, 3.63) is 45.9 Å². The monoisotopic (exact) mass is 400 g/mol. The molecule has 1 aromatic heterocycles. The molecule has 0 aliphatic heterocycles. The summed E-state index contributed by atoms with van der Waals surface area (Å²) < 4.78 is 43.2. The molecule has 0 spiro atoms. The van der Waals surface area contributed by atoms with Crippen LogP contribution in [0.2, 0.25) is 0 Å². The second kappa shape index (κ2) is 10.1. The first kappa shape index (κ1) is 21.0. The van der Waals surface area contributed by atoms with E-state index < -0.39 is 11.9 Å². The standard InChI is InChI=1S/C18H23F3N4OS/c1-13-4-6-14(7-5-13)26-11-3-9-23-17(22-2)24-10-8-16-25-15(12-27-16)18(19,20)21/h4-7,12H,3,8-11H2,1-2H3,(H2,22,23,24). The summed E-state index contributed by atoms with van der Waals surface area (Å²) in [5.74, 6) is 1.43. The summed E-state index contributed by atoms with van der Waals surface area (Å²) in [5, 5.41) is 7.69. The zero-order valence-electron chi connectivity index (χ0n) is 15.3. The molecule has 0 saturated heterocycles. The molecule has 0 aliphatic rings. The molecule has 0 radical (unpaired) electrons. The van der Waals surface area contributed by atoms with Crippen molar-refractivity contribution in [1.82, 2.24) is 15.6 Å². The van der Waals surface area contributed by atoms with Gasteiger partial charge >= 0.3 is 6.18 Å². The van der Waals surface area contributed by atoms with E-state index in [2.05, 4.69) is 20.6 Å². The van der Waals surface area contributed by atoms with Gasteiger partial charge in [-0.1, -0.05) is 17.7 Å². The van der Waals surface area contributed by atoms with Gasteiger partial charge in [-0.3, -0.25) is 4.99 Å². The summed E-state index contributed by atoms with van der Waals surface area (Å²) in [6.45, 7) is 3.72. The van der Waals surface area contributed by atoms with Crippen LogP contribution >= 0.6 is 11.3 Å². The van der Waals surface area contributed by atoms with E-state index in [-0.39, 0.29) is 0 Å². The zero-order chi connectivity index (χ0) is 19.7. The summed E-state index contributed by atoms with van der Waals surface area (Å²) in [7, 11) is 1.64. The number of ether oxygens (including phenoxy) is 1. The van der Waals surface area contributed by atoms with Gasteiger partial charge in [-0.2, -0.15) is 13.2 Å². The largest absolute Gasteiger partial charge is 0.494 e. The molecular formula is C18H23F3N4OS. The van der Waals surface area contributed by atoms with Gasteiger partial charge in [-0.15, -0.1) is 11.3 Å². The Labute approximate surface area is 160 Å². The van der Waals surface area contributed by atoms with Crippen molar-refractivity contribution < 1.29 is 17.9 Å². The lowest BCUT2D eigenvalue weighted by Gasteiger charge is -2.12. The topological polar surface area (TPSA) is 58.5 Å². The molecule has 0 bridgehead atoms. The van der Waals surface area contributed by atoms with Crippen LogP contribution in [-0.4, -0.2) is 37.7 Å². The molecule has 9 heteroatoms. The number of hydrogen-bond acceptors (Lipinski definition) is 4. The average molecular weight is 400 g/mol. The zero-order valence-corrected chi connectivity index (χ0v) is 16.1. The summed E-state index contributed by atoms with van der Waals surface area (Å²) in [6.07, 6.45) is -3.20. The molecule has 0 saturated carbocycles. The van der Waals surface area contributed by atoms with E-state index in [9.17, 15) is 13.2 Å². The van der Waals surface area contributed by atoms with E-state index in [4.69, 9.17) is 4.74 Å². The Hall–Kier alpha value is -2.29. The Morgan fingerprint density at radius 2 is 1.89 bits per heavy atom. The van der Waals surface area contributed by atoms with Crippen molar-refractivity contribution in [3.63, 3.8) is 0 Å². The summed E-state index contributed by atoms with van der Waals surface area (Å²) >= 11 is 1.01. The van der Waals surface area contributed by atoms with Crippen molar-refractivity contribution >= 4 is 17.3 Å². The van der Waals surface area contributed by atoms with Gasteiger partial charge in [0, 0.05) is 31.9 Å². The second-order valence-electron chi connectivity index (χ2n) is 5.82.